The van der Waals surface area contributed by atoms with Crippen LogP contribution in [0, 0.1) is 12.5 Å². The number of nitrogens with zero attached hydrogens (tertiary/aromatic N) is 1. The Morgan fingerprint density at radius 1 is 1.08 bits per heavy atom. The van der Waals surface area contributed by atoms with Crippen molar-refractivity contribution in [2.75, 3.05) is 26.3 Å². The third kappa shape index (κ3) is 2.20. The maximum absolute atomic E-state index is 5.30. The van der Waals surface area contributed by atoms with Crippen molar-refractivity contribution >= 4 is 0 Å². The molecule has 2 rings (SSSR count). The van der Waals surface area contributed by atoms with E-state index in [1.165, 1.54) is 25.7 Å². The second-order valence-electron chi connectivity index (χ2n) is 3.84. The van der Waals surface area contributed by atoms with E-state index in [-0.39, 0.29) is 0 Å². The van der Waals surface area contributed by atoms with Crippen LogP contribution in [-0.4, -0.2) is 31.2 Å². The Balaban J connectivity index is 1.69. The van der Waals surface area contributed by atoms with Gasteiger partial charge in [0.2, 0.25) is 0 Å². The summed E-state index contributed by atoms with van der Waals surface area (Å²) in [4.78, 5) is 2.44. The average Bonchev–Trinajstić information content (AvgIpc) is 2.59. The highest BCUT2D eigenvalue weighted by Gasteiger charge is 2.20. The Morgan fingerprint density at radius 2 is 1.75 bits per heavy atom. The minimum absolute atomic E-state index is 0.878. The molecular formula is C10H18NO. The molecule has 1 aliphatic carbocycles. The topological polar surface area (TPSA) is 12.5 Å². The van der Waals surface area contributed by atoms with Gasteiger partial charge < -0.3 is 4.74 Å². The zero-order valence-corrected chi connectivity index (χ0v) is 7.67. The van der Waals surface area contributed by atoms with Gasteiger partial charge in [0.15, 0.2) is 0 Å². The molecule has 1 saturated carbocycles. The fourth-order valence-corrected chi connectivity index (χ4v) is 2.13. The van der Waals surface area contributed by atoms with Gasteiger partial charge in [-0.25, -0.2) is 0 Å². The smallest absolute Gasteiger partial charge is 0.0594 e. The molecule has 0 aromatic rings. The van der Waals surface area contributed by atoms with Gasteiger partial charge in [-0.1, -0.05) is 12.8 Å². The van der Waals surface area contributed by atoms with Crippen molar-refractivity contribution < 1.29 is 4.74 Å². The van der Waals surface area contributed by atoms with Gasteiger partial charge >= 0.3 is 0 Å². The summed E-state index contributed by atoms with van der Waals surface area (Å²) in [6.07, 6.45) is 5.70. The molecule has 0 spiro atoms. The number of hydrogen-bond donors (Lipinski definition) is 0. The first-order chi connectivity index (χ1) is 5.95. The summed E-state index contributed by atoms with van der Waals surface area (Å²) in [5.41, 5.74) is 0. The van der Waals surface area contributed by atoms with Crippen molar-refractivity contribution in [3.8, 4) is 0 Å². The summed E-state index contributed by atoms with van der Waals surface area (Å²) < 4.78 is 5.30. The van der Waals surface area contributed by atoms with Gasteiger partial charge in [0, 0.05) is 19.6 Å². The van der Waals surface area contributed by atoms with Crippen molar-refractivity contribution in [2.45, 2.75) is 25.7 Å². The van der Waals surface area contributed by atoms with Gasteiger partial charge in [-0.05, 0) is 18.8 Å². The van der Waals surface area contributed by atoms with E-state index in [9.17, 15) is 0 Å². The summed E-state index contributed by atoms with van der Waals surface area (Å²) in [6, 6.07) is 0. The summed E-state index contributed by atoms with van der Waals surface area (Å²) in [5, 5.41) is 0. The predicted octanol–water partition coefficient (Wildman–Crippen LogP) is 1.67. The fourth-order valence-electron chi connectivity index (χ4n) is 2.13. The lowest BCUT2D eigenvalue weighted by Gasteiger charge is -2.28. The van der Waals surface area contributed by atoms with Crippen LogP contribution in [0.1, 0.15) is 25.7 Å². The standard InChI is InChI=1S/C10H18NO/c1-2-4-10(3-1)9-11-5-7-12-8-6-11/h9-10H,1-8H2. The maximum Gasteiger partial charge on any atom is 0.0594 e. The van der Waals surface area contributed by atoms with E-state index in [0.29, 0.717) is 0 Å². The molecule has 0 N–H and O–H groups in total. The van der Waals surface area contributed by atoms with Crippen LogP contribution in [0.5, 0.6) is 0 Å². The normalized spacial score (nSPS) is 28.0. The second-order valence-corrected chi connectivity index (χ2v) is 3.84. The second kappa shape index (κ2) is 4.24. The van der Waals surface area contributed by atoms with Gasteiger partial charge in [0.1, 0.15) is 0 Å². The molecule has 0 bridgehead atoms. The molecule has 0 aromatic carbocycles. The molecule has 12 heavy (non-hydrogen) atoms. The van der Waals surface area contributed by atoms with Gasteiger partial charge in [-0.2, -0.15) is 0 Å². The lowest BCUT2D eigenvalue weighted by atomic mass is 10.1. The van der Waals surface area contributed by atoms with E-state index >= 15 is 0 Å². The van der Waals surface area contributed by atoms with Crippen molar-refractivity contribution in [2.24, 2.45) is 5.92 Å². The Hall–Kier alpha value is -0.0800. The Kier molecular flexibility index (Phi) is 3.01. The Bertz CT molecular complexity index is 126. The molecule has 2 nitrogen and oxygen atoms in total. The van der Waals surface area contributed by atoms with E-state index in [0.717, 1.165) is 32.2 Å². The monoisotopic (exact) mass is 168 g/mol. The lowest BCUT2D eigenvalue weighted by molar-refractivity contribution is 0.0462. The molecule has 2 aliphatic rings. The number of ether oxygens (including phenoxy) is 1. The summed E-state index contributed by atoms with van der Waals surface area (Å²) in [5.74, 6) is 0.878. The van der Waals surface area contributed by atoms with Crippen LogP contribution in [0.2, 0.25) is 0 Å². The SMILES string of the molecule is [CH](C1CCCC1)N1CCOCC1. The summed E-state index contributed by atoms with van der Waals surface area (Å²) in [6.45, 7) is 6.51. The van der Waals surface area contributed by atoms with Crippen LogP contribution in [-0.2, 0) is 4.74 Å². The van der Waals surface area contributed by atoms with E-state index < -0.39 is 0 Å². The average molecular weight is 168 g/mol. The minimum Gasteiger partial charge on any atom is -0.379 e. The van der Waals surface area contributed by atoms with Crippen LogP contribution in [0.4, 0.5) is 0 Å². The van der Waals surface area contributed by atoms with E-state index in [4.69, 9.17) is 4.74 Å². The molecule has 0 atom stereocenters. The molecule has 69 valence electrons. The highest BCUT2D eigenvalue weighted by molar-refractivity contribution is 4.82. The molecular weight excluding hydrogens is 150 g/mol. The number of morpholine rings is 1. The molecule has 1 heterocycles. The number of rotatable bonds is 2. The highest BCUT2D eigenvalue weighted by Crippen LogP contribution is 2.28. The van der Waals surface area contributed by atoms with E-state index in [2.05, 4.69) is 11.4 Å². The van der Waals surface area contributed by atoms with Crippen LogP contribution < -0.4 is 0 Å². The first-order valence-corrected chi connectivity index (χ1v) is 5.12. The molecule has 1 aliphatic heterocycles. The summed E-state index contributed by atoms with van der Waals surface area (Å²) in [7, 11) is 0. The third-order valence-electron chi connectivity index (χ3n) is 2.87. The molecule has 1 saturated heterocycles. The first-order valence-electron chi connectivity index (χ1n) is 5.12. The predicted molar refractivity (Wildman–Crippen MR) is 48.7 cm³/mol. The largest absolute Gasteiger partial charge is 0.379 e. The van der Waals surface area contributed by atoms with Crippen LogP contribution in [0.15, 0.2) is 0 Å². The quantitative estimate of drug-likeness (QED) is 0.622. The molecule has 2 fully saturated rings. The maximum atomic E-state index is 5.30. The number of hydrogen-bond acceptors (Lipinski definition) is 2. The van der Waals surface area contributed by atoms with Gasteiger partial charge in [-0.15, -0.1) is 0 Å². The van der Waals surface area contributed by atoms with E-state index in [1.54, 1.807) is 0 Å². The fraction of sp³-hybridized carbons (Fsp3) is 0.900. The highest BCUT2D eigenvalue weighted by atomic mass is 16.5. The zero-order valence-electron chi connectivity index (χ0n) is 7.67. The van der Waals surface area contributed by atoms with Crippen molar-refractivity contribution in [3.05, 3.63) is 6.54 Å². The van der Waals surface area contributed by atoms with Crippen LogP contribution in [0.3, 0.4) is 0 Å². The van der Waals surface area contributed by atoms with Crippen molar-refractivity contribution in [1.29, 1.82) is 0 Å². The van der Waals surface area contributed by atoms with E-state index in [1.807, 2.05) is 0 Å². The molecule has 0 amide bonds. The Labute approximate surface area is 74.9 Å². The molecule has 0 unspecified atom stereocenters. The van der Waals surface area contributed by atoms with Gasteiger partial charge in [0.05, 0.1) is 13.2 Å². The molecule has 0 aromatic heterocycles. The first kappa shape index (κ1) is 8.52. The molecule has 2 heteroatoms. The van der Waals surface area contributed by atoms with Crippen molar-refractivity contribution in [1.82, 2.24) is 4.90 Å². The zero-order chi connectivity index (χ0) is 8.23. The lowest BCUT2D eigenvalue weighted by Crippen LogP contribution is -2.35. The summed E-state index contributed by atoms with van der Waals surface area (Å²) >= 11 is 0. The van der Waals surface area contributed by atoms with Crippen LogP contribution >= 0.6 is 0 Å². The third-order valence-corrected chi connectivity index (χ3v) is 2.87. The minimum atomic E-state index is 0.878. The van der Waals surface area contributed by atoms with Crippen LogP contribution in [0.25, 0.3) is 0 Å². The van der Waals surface area contributed by atoms with Gasteiger partial charge in [0.25, 0.3) is 0 Å². The van der Waals surface area contributed by atoms with Gasteiger partial charge in [-0.3, -0.25) is 4.90 Å². The Morgan fingerprint density at radius 3 is 2.42 bits per heavy atom. The molecule has 1 radical (unpaired) electrons. The van der Waals surface area contributed by atoms with Crippen molar-refractivity contribution in [3.63, 3.8) is 0 Å².